The molecule has 0 atom stereocenters. The molecule has 0 spiro atoms. The molecule has 0 bridgehead atoms. The predicted octanol–water partition coefficient (Wildman–Crippen LogP) is 1.51. The number of hydrogen-bond acceptors (Lipinski definition) is 2. The van der Waals surface area contributed by atoms with Crippen LogP contribution in [0.1, 0.15) is 34.1 Å². The van der Waals surface area contributed by atoms with Crippen LogP contribution in [0.25, 0.3) is 0 Å². The molecule has 0 saturated heterocycles. The van der Waals surface area contributed by atoms with E-state index in [9.17, 15) is 4.79 Å². The van der Waals surface area contributed by atoms with Gasteiger partial charge in [-0.1, -0.05) is 13.8 Å². The van der Waals surface area contributed by atoms with Gasteiger partial charge in [-0.2, -0.15) is 0 Å². The third kappa shape index (κ3) is 3.22. The number of rotatable bonds is 4. The van der Waals surface area contributed by atoms with Crippen molar-refractivity contribution in [1.82, 2.24) is 0 Å². The molecular weight excluding hydrogens is 156 g/mol. The summed E-state index contributed by atoms with van der Waals surface area (Å²) in [5.74, 6) is -0.816. The molecule has 0 heterocycles. The lowest BCUT2D eigenvalue weighted by molar-refractivity contribution is -0.149. The molecule has 0 aliphatic rings. The Morgan fingerprint density at radius 1 is 1.25 bits per heavy atom. The second kappa shape index (κ2) is 3.44. The van der Waals surface area contributed by atoms with Crippen LogP contribution in [-0.2, 0) is 4.79 Å². The number of carboxylic acid groups (broad SMARTS) is 1. The minimum absolute atomic E-state index is 0.0176. The summed E-state index contributed by atoms with van der Waals surface area (Å²) in [6.45, 7) is 7.08. The predicted molar refractivity (Wildman–Crippen MR) is 46.9 cm³/mol. The van der Waals surface area contributed by atoms with Crippen molar-refractivity contribution in [2.45, 2.75) is 34.1 Å². The van der Waals surface area contributed by atoms with Crippen molar-refractivity contribution < 1.29 is 15.0 Å². The zero-order chi connectivity index (χ0) is 9.99. The van der Waals surface area contributed by atoms with Crippen LogP contribution >= 0.6 is 0 Å². The molecule has 12 heavy (non-hydrogen) atoms. The lowest BCUT2D eigenvalue weighted by Gasteiger charge is -2.30. The molecule has 0 radical (unpaired) electrons. The Kier molecular flexibility index (Phi) is 3.27. The Bertz CT molecular complexity index is 171. The lowest BCUT2D eigenvalue weighted by atomic mass is 9.75. The van der Waals surface area contributed by atoms with E-state index >= 15 is 0 Å². The number of carboxylic acids is 1. The number of carbonyl (C=O) groups is 1. The highest BCUT2D eigenvalue weighted by Gasteiger charge is 2.34. The molecule has 0 aliphatic heterocycles. The van der Waals surface area contributed by atoms with Gasteiger partial charge in [-0.25, -0.2) is 0 Å². The van der Waals surface area contributed by atoms with Crippen LogP contribution < -0.4 is 0 Å². The Balaban J connectivity index is 4.34. The van der Waals surface area contributed by atoms with E-state index in [0.717, 1.165) is 0 Å². The van der Waals surface area contributed by atoms with E-state index in [-0.39, 0.29) is 12.0 Å². The largest absolute Gasteiger partial charge is 0.481 e. The summed E-state index contributed by atoms with van der Waals surface area (Å²) in [6.07, 6.45) is 0.478. The third-order valence-corrected chi connectivity index (χ3v) is 1.93. The summed E-state index contributed by atoms with van der Waals surface area (Å²) in [5.41, 5.74) is -1.08. The molecule has 0 unspecified atom stereocenters. The molecule has 0 aromatic rings. The van der Waals surface area contributed by atoms with E-state index < -0.39 is 11.4 Å². The van der Waals surface area contributed by atoms with Crippen molar-refractivity contribution in [2.24, 2.45) is 10.8 Å². The maximum atomic E-state index is 10.7. The average Bonchev–Trinajstić information content (AvgIpc) is 1.85. The zero-order valence-corrected chi connectivity index (χ0v) is 8.22. The smallest absolute Gasteiger partial charge is 0.309 e. The van der Waals surface area contributed by atoms with Crippen LogP contribution in [0.5, 0.6) is 0 Å². The van der Waals surface area contributed by atoms with E-state index in [2.05, 4.69) is 0 Å². The third-order valence-electron chi connectivity index (χ3n) is 1.93. The molecule has 0 aromatic heterocycles. The van der Waals surface area contributed by atoms with Gasteiger partial charge in [0.25, 0.3) is 0 Å². The zero-order valence-electron chi connectivity index (χ0n) is 8.22. The molecule has 3 heteroatoms. The maximum absolute atomic E-state index is 10.7. The Labute approximate surface area is 73.4 Å². The van der Waals surface area contributed by atoms with Crippen molar-refractivity contribution in [1.29, 1.82) is 0 Å². The molecule has 0 fully saturated rings. The highest BCUT2D eigenvalue weighted by Crippen LogP contribution is 2.33. The summed E-state index contributed by atoms with van der Waals surface area (Å²) in [5, 5.41) is 17.8. The minimum Gasteiger partial charge on any atom is -0.481 e. The number of aliphatic carboxylic acids is 1. The topological polar surface area (TPSA) is 57.5 Å². The number of aliphatic hydroxyl groups excluding tert-OH is 1. The first-order valence-corrected chi connectivity index (χ1v) is 4.05. The maximum Gasteiger partial charge on any atom is 0.309 e. The van der Waals surface area contributed by atoms with E-state index in [1.165, 1.54) is 0 Å². The van der Waals surface area contributed by atoms with Crippen LogP contribution in [0, 0.1) is 10.8 Å². The fourth-order valence-electron chi connectivity index (χ4n) is 1.33. The van der Waals surface area contributed by atoms with Crippen LogP contribution in [0.4, 0.5) is 0 Å². The summed E-state index contributed by atoms with van der Waals surface area (Å²) in [4.78, 5) is 10.7. The van der Waals surface area contributed by atoms with E-state index in [1.54, 1.807) is 13.8 Å². The van der Waals surface area contributed by atoms with Gasteiger partial charge in [0.05, 0.1) is 5.41 Å². The molecular formula is C9H18O3. The second-order valence-electron chi connectivity index (χ2n) is 4.69. The first-order valence-electron chi connectivity index (χ1n) is 4.05. The van der Waals surface area contributed by atoms with Gasteiger partial charge in [0.1, 0.15) is 0 Å². The highest BCUT2D eigenvalue weighted by molar-refractivity contribution is 5.73. The van der Waals surface area contributed by atoms with E-state index in [1.807, 2.05) is 13.8 Å². The van der Waals surface area contributed by atoms with Gasteiger partial charge < -0.3 is 10.2 Å². The lowest BCUT2D eigenvalue weighted by Crippen LogP contribution is -2.32. The Hall–Kier alpha value is -0.570. The first kappa shape index (κ1) is 11.4. The second-order valence-corrected chi connectivity index (χ2v) is 4.69. The van der Waals surface area contributed by atoms with Crippen LogP contribution in [0.2, 0.25) is 0 Å². The summed E-state index contributed by atoms with van der Waals surface area (Å²) < 4.78 is 0. The van der Waals surface area contributed by atoms with Crippen molar-refractivity contribution in [3.05, 3.63) is 0 Å². The van der Waals surface area contributed by atoms with Gasteiger partial charge in [0.15, 0.2) is 0 Å². The molecule has 0 rings (SSSR count). The monoisotopic (exact) mass is 174 g/mol. The van der Waals surface area contributed by atoms with Gasteiger partial charge >= 0.3 is 5.97 Å². The Morgan fingerprint density at radius 3 is 1.92 bits per heavy atom. The minimum atomic E-state index is -0.816. The fraction of sp³-hybridized carbons (Fsp3) is 0.889. The van der Waals surface area contributed by atoms with Crippen molar-refractivity contribution in [3.63, 3.8) is 0 Å². The molecule has 2 N–H and O–H groups in total. The molecule has 3 nitrogen and oxygen atoms in total. The molecule has 0 amide bonds. The summed E-state index contributed by atoms with van der Waals surface area (Å²) in [6, 6.07) is 0. The van der Waals surface area contributed by atoms with E-state index in [0.29, 0.717) is 6.42 Å². The highest BCUT2D eigenvalue weighted by atomic mass is 16.4. The van der Waals surface area contributed by atoms with Gasteiger partial charge in [0, 0.05) is 6.61 Å². The van der Waals surface area contributed by atoms with Crippen LogP contribution in [-0.4, -0.2) is 22.8 Å². The fourth-order valence-corrected chi connectivity index (χ4v) is 1.33. The normalized spacial score (nSPS) is 13.1. The van der Waals surface area contributed by atoms with E-state index in [4.69, 9.17) is 10.2 Å². The van der Waals surface area contributed by atoms with Gasteiger partial charge in [-0.3, -0.25) is 4.79 Å². The van der Waals surface area contributed by atoms with Crippen molar-refractivity contribution >= 4 is 5.97 Å². The van der Waals surface area contributed by atoms with Gasteiger partial charge in [0.2, 0.25) is 0 Å². The van der Waals surface area contributed by atoms with Crippen molar-refractivity contribution in [2.75, 3.05) is 6.61 Å². The van der Waals surface area contributed by atoms with Crippen LogP contribution in [0.3, 0.4) is 0 Å². The summed E-state index contributed by atoms with van der Waals surface area (Å²) in [7, 11) is 0. The first-order chi connectivity index (χ1) is 5.21. The summed E-state index contributed by atoms with van der Waals surface area (Å²) >= 11 is 0. The number of aliphatic hydroxyl groups is 1. The van der Waals surface area contributed by atoms with Gasteiger partial charge in [-0.05, 0) is 25.7 Å². The molecule has 0 aliphatic carbocycles. The number of hydrogen-bond donors (Lipinski definition) is 2. The molecule has 72 valence electrons. The SMILES string of the molecule is CC(C)(CO)CC(C)(C)C(=O)O. The standard InChI is InChI=1S/C9H18O3/c1-8(2,6-10)5-9(3,4)7(11)12/h10H,5-6H2,1-4H3,(H,11,12). The average molecular weight is 174 g/mol. The molecule has 0 saturated carbocycles. The van der Waals surface area contributed by atoms with Crippen molar-refractivity contribution in [3.8, 4) is 0 Å². The van der Waals surface area contributed by atoms with Gasteiger partial charge in [-0.15, -0.1) is 0 Å². The quantitative estimate of drug-likeness (QED) is 0.679. The Morgan fingerprint density at radius 2 is 1.67 bits per heavy atom. The van der Waals surface area contributed by atoms with Crippen LogP contribution in [0.15, 0.2) is 0 Å². The molecule has 0 aromatic carbocycles.